The van der Waals surface area contributed by atoms with Gasteiger partial charge in [-0.25, -0.2) is 8.78 Å². The lowest BCUT2D eigenvalue weighted by atomic mass is 9.76. The van der Waals surface area contributed by atoms with Gasteiger partial charge in [-0.3, -0.25) is 4.90 Å². The molecule has 2 saturated carbocycles. The van der Waals surface area contributed by atoms with Crippen molar-refractivity contribution < 1.29 is 8.78 Å². The number of benzene rings is 9. The molecule has 9 nitrogen and oxygen atoms in total. The summed E-state index contributed by atoms with van der Waals surface area (Å²) in [6.07, 6.45) is 13.3. The minimum absolute atomic E-state index is 0.0526. The van der Waals surface area contributed by atoms with Crippen molar-refractivity contribution in [3.8, 4) is 0 Å². The van der Waals surface area contributed by atoms with Gasteiger partial charge in [-0.1, -0.05) is 340 Å². The fraction of sp³-hybridized carbons (Fsp3) is 0.578. The average molecular weight is 1890 g/mol. The lowest BCUT2D eigenvalue weighted by Crippen LogP contribution is -2.42. The molecule has 2 aliphatic carbocycles. The Kier molecular flexibility index (Phi) is 34.7. The number of rotatable bonds is 1. The average Bonchev–Trinajstić information content (AvgIpc) is 1.59. The smallest absolute Gasteiger partial charge is 0.127 e. The van der Waals surface area contributed by atoms with Gasteiger partial charge in [-0.05, 0) is 342 Å². The van der Waals surface area contributed by atoms with Crippen molar-refractivity contribution in [2.24, 2.45) is 0 Å². The molecule has 0 radical (unpaired) electrons. The highest BCUT2D eigenvalue weighted by Gasteiger charge is 2.48. The second-order valence-electron chi connectivity index (χ2n) is 53.3. The summed E-state index contributed by atoms with van der Waals surface area (Å²) in [6, 6.07) is 57.4. The van der Waals surface area contributed by atoms with Gasteiger partial charge in [-0.15, -0.1) is 0 Å². The Morgan fingerprint density at radius 2 is 0.576 bits per heavy atom. The van der Waals surface area contributed by atoms with Gasteiger partial charge in [-0.2, -0.15) is 0 Å². The summed E-state index contributed by atoms with van der Waals surface area (Å²) < 4.78 is 27.7. The molecule has 9 aromatic rings. The van der Waals surface area contributed by atoms with Crippen molar-refractivity contribution in [2.75, 3.05) is 58.9 Å². The maximum absolute atomic E-state index is 13.9. The fourth-order valence-electron chi connectivity index (χ4n) is 21.2. The van der Waals surface area contributed by atoms with Crippen LogP contribution in [-0.4, -0.2) is 69.8 Å². The van der Waals surface area contributed by atoms with Crippen LogP contribution in [0.1, 0.15) is 404 Å². The zero-order chi connectivity index (χ0) is 102. The maximum Gasteiger partial charge on any atom is 0.127 e. The van der Waals surface area contributed by atoms with Crippen LogP contribution in [-0.2, 0) is 161 Å². The van der Waals surface area contributed by atoms with E-state index in [9.17, 15) is 8.78 Å². The van der Waals surface area contributed by atoms with E-state index in [1.165, 1.54) is 176 Å². The van der Waals surface area contributed by atoms with Gasteiger partial charge in [0.25, 0.3) is 0 Å². The van der Waals surface area contributed by atoms with Crippen molar-refractivity contribution >= 4 is 0 Å². The third-order valence-electron chi connectivity index (χ3n) is 31.2. The molecule has 758 valence electrons. The SMILES string of the molecule is CC(C)(C)c1cc2c(cc1F)CCNC2.CC(C)(C)c1cc2c(cc1F)CNCC2.CC(C)(C)c1ccc2c(c1)CCNC2.CC(C)(C)c1ccc2c(c1)CCNC2(C)C.CC(C)(C)c1ccc2c(c1)CCNC21CC1.CC(C)(C)c1ccc2c(c1)CNCC2.CC(C)(C)c1ccc2c(c1)CNCC2(C)C.CC(C)(C)c1ccc2c(c1)CNCC21CC1.CC(C)N1CCc2cc(C(C)(C)C)ccc2C1. The van der Waals surface area contributed by atoms with Gasteiger partial charge in [0.15, 0.2) is 0 Å². The molecule has 2 fully saturated rings. The van der Waals surface area contributed by atoms with Crippen molar-refractivity contribution in [3.05, 3.63) is 314 Å². The first kappa shape index (κ1) is 110. The predicted octanol–water partition coefficient (Wildman–Crippen LogP) is 27.5. The van der Waals surface area contributed by atoms with Gasteiger partial charge >= 0.3 is 0 Å². The van der Waals surface area contributed by atoms with Gasteiger partial charge in [0.2, 0.25) is 0 Å². The molecule has 0 saturated heterocycles. The highest BCUT2D eigenvalue weighted by Crippen LogP contribution is 2.52. The predicted molar refractivity (Wildman–Crippen MR) is 592 cm³/mol. The molecule has 8 N–H and O–H groups in total. The number of nitrogens with zero attached hydrogens (tertiary/aromatic N) is 1. The first-order chi connectivity index (χ1) is 64.6. The van der Waals surface area contributed by atoms with E-state index in [-0.39, 0.29) is 71.3 Å². The molecular formula is C128H187F2N9. The van der Waals surface area contributed by atoms with Crippen LogP contribution < -0.4 is 42.5 Å². The Balaban J connectivity index is 0.000000140. The first-order valence-electron chi connectivity index (χ1n) is 53.7. The molecule has 11 heteroatoms. The summed E-state index contributed by atoms with van der Waals surface area (Å²) in [6.45, 7) is 90.8. The highest BCUT2D eigenvalue weighted by atomic mass is 19.1. The Bertz CT molecular complexity index is 5220. The quantitative estimate of drug-likeness (QED) is 0.0817. The van der Waals surface area contributed by atoms with E-state index in [4.69, 9.17) is 0 Å². The van der Waals surface area contributed by atoms with Crippen molar-refractivity contribution in [1.29, 1.82) is 0 Å². The molecule has 0 bridgehead atoms. The number of hydrogen-bond donors (Lipinski definition) is 8. The Morgan fingerprint density at radius 3 is 1.02 bits per heavy atom. The van der Waals surface area contributed by atoms with Crippen LogP contribution in [0.5, 0.6) is 0 Å². The monoisotopic (exact) mass is 1890 g/mol. The lowest BCUT2D eigenvalue weighted by molar-refractivity contribution is 0.203. The second kappa shape index (κ2) is 43.8. The van der Waals surface area contributed by atoms with E-state index in [0.29, 0.717) is 17.0 Å². The maximum atomic E-state index is 13.9. The number of hydrogen-bond acceptors (Lipinski definition) is 9. The van der Waals surface area contributed by atoms with Crippen LogP contribution in [0.4, 0.5) is 8.78 Å². The Morgan fingerprint density at radius 1 is 0.266 bits per heavy atom. The largest absolute Gasteiger partial charge is 0.312 e. The second-order valence-corrected chi connectivity index (χ2v) is 53.3. The van der Waals surface area contributed by atoms with Crippen LogP contribution in [0.3, 0.4) is 0 Å². The standard InChI is InChI=1S/C16H25N.2C15H21N.2C15H23N.2C13H18FN.2C13H19N/c1-12(2)17-9-8-13-10-15(16(3,4)5)7-6-14(13)11-17;1-14(2,3)12-4-5-13-11(10-12)6-9-16-15(13)7-8-15;1-14(2,3)12-4-5-13-11(8-12)9-16-10-15(13)6-7-15;1-14(2,3)12-6-7-13-11(8-12)9-16-10-15(13,4)5;1-14(2,3)12-6-7-13-11(10-12)8-9-16-15(13,4)5;1-13(2,3)11-6-10-8-15-5-4-9(10)7-12(11)14;1-13(2,3)11-6-9-4-5-15-8-10(9)7-12(11)14;1-13(2,3)12-5-4-11-9-14-7-6-10(11)8-12;1-13(2,3)12-5-4-10-6-7-14-9-11(10)8-12/h6-7,10,12H,8-9,11H2,1-5H3;4-5,10,16H,6-9H2,1-3H3;4-5,8,16H,6-7,9-10H2,1-3H3;6-8,16H,9-10H2,1-5H3;6-7,10,16H,8-9H2,1-5H3;2*6-7,15H,4-5,8H2,1-3H3;2*4-5,8,14H,6-7,9H2,1-3H3. The molecule has 9 heterocycles. The van der Waals surface area contributed by atoms with E-state index >= 15 is 0 Å². The molecule has 0 amide bonds. The van der Waals surface area contributed by atoms with Gasteiger partial charge in [0, 0.05) is 99.9 Å². The first-order valence-corrected chi connectivity index (χ1v) is 53.7. The third kappa shape index (κ3) is 29.0. The van der Waals surface area contributed by atoms with Crippen molar-refractivity contribution in [3.63, 3.8) is 0 Å². The molecule has 0 atom stereocenters. The summed E-state index contributed by atoms with van der Waals surface area (Å²) in [7, 11) is 0. The van der Waals surface area contributed by atoms with E-state index in [2.05, 4.69) is 383 Å². The van der Waals surface area contributed by atoms with Crippen LogP contribution in [0, 0.1) is 11.6 Å². The van der Waals surface area contributed by atoms with Crippen LogP contribution in [0.15, 0.2) is 152 Å². The summed E-state index contributed by atoms with van der Waals surface area (Å²) in [5.74, 6) is -0.117. The van der Waals surface area contributed by atoms with Crippen LogP contribution >= 0.6 is 0 Å². The number of fused-ring (bicyclic) bond motifs is 11. The molecule has 20 rings (SSSR count). The minimum Gasteiger partial charge on any atom is -0.312 e. The summed E-state index contributed by atoms with van der Waals surface area (Å²) in [5.41, 5.74) is 41.0. The van der Waals surface area contributed by atoms with E-state index in [1.54, 1.807) is 34.4 Å². The Hall–Kier alpha value is -7.52. The zero-order valence-electron chi connectivity index (χ0n) is 93.3. The zero-order valence-corrected chi connectivity index (χ0v) is 93.3. The lowest BCUT2D eigenvalue weighted by Gasteiger charge is -2.35. The van der Waals surface area contributed by atoms with E-state index in [1.807, 2.05) is 32.9 Å². The molecule has 0 aromatic heterocycles. The Labute approximate surface area is 844 Å². The molecule has 9 aliphatic heterocycles. The molecule has 11 aliphatic rings. The highest BCUT2D eigenvalue weighted by molar-refractivity contribution is 5.49. The summed E-state index contributed by atoms with van der Waals surface area (Å²) in [4.78, 5) is 2.55. The van der Waals surface area contributed by atoms with Gasteiger partial charge < -0.3 is 42.5 Å². The van der Waals surface area contributed by atoms with Crippen molar-refractivity contribution in [1.82, 2.24) is 47.4 Å². The molecular weight excluding hydrogens is 1700 g/mol. The normalized spacial score (nSPS) is 18.4. The molecule has 139 heavy (non-hydrogen) atoms. The van der Waals surface area contributed by atoms with Crippen LogP contribution in [0.2, 0.25) is 0 Å². The van der Waals surface area contributed by atoms with Crippen molar-refractivity contribution in [2.45, 2.75) is 422 Å². The fourth-order valence-corrected chi connectivity index (χ4v) is 21.2. The van der Waals surface area contributed by atoms with E-state index < -0.39 is 0 Å². The van der Waals surface area contributed by atoms with E-state index in [0.717, 1.165) is 128 Å². The van der Waals surface area contributed by atoms with Gasteiger partial charge in [0.1, 0.15) is 11.6 Å². The third-order valence-corrected chi connectivity index (χ3v) is 31.2. The minimum atomic E-state index is -0.115. The molecule has 2 spiro atoms. The molecule has 0 unspecified atom stereocenters. The number of nitrogens with one attached hydrogen (secondary N) is 8. The molecule has 9 aromatic carbocycles. The summed E-state index contributed by atoms with van der Waals surface area (Å²) >= 11 is 0. The number of halogens is 2. The van der Waals surface area contributed by atoms with Crippen LogP contribution in [0.25, 0.3) is 0 Å². The topological polar surface area (TPSA) is 99.5 Å². The van der Waals surface area contributed by atoms with Gasteiger partial charge in [0.05, 0.1) is 0 Å². The summed E-state index contributed by atoms with van der Waals surface area (Å²) in [5, 5.41) is 27.7.